The summed E-state index contributed by atoms with van der Waals surface area (Å²) in [6, 6.07) is 6.24. The van der Waals surface area contributed by atoms with E-state index in [-0.39, 0.29) is 6.61 Å². The topological polar surface area (TPSA) is 133 Å². The lowest BCUT2D eigenvalue weighted by atomic mass is 10.1. The molecule has 0 aromatic carbocycles. The molecule has 0 spiro atoms. The van der Waals surface area contributed by atoms with Crippen LogP contribution in [-0.4, -0.2) is 65.5 Å². The van der Waals surface area contributed by atoms with Crippen LogP contribution >= 0.6 is 0 Å². The van der Waals surface area contributed by atoms with Crippen molar-refractivity contribution in [2.24, 2.45) is 0 Å². The molecule has 168 valence electrons. The van der Waals surface area contributed by atoms with E-state index in [1.165, 1.54) is 0 Å². The molecule has 4 rings (SSSR count). The van der Waals surface area contributed by atoms with Crippen LogP contribution in [0.2, 0.25) is 0 Å². The second-order valence-electron chi connectivity index (χ2n) is 6.89. The number of hydrogen-bond donors (Lipinski definition) is 3. The number of hydrogen-bond acceptors (Lipinski definition) is 7. The fourth-order valence-electron chi connectivity index (χ4n) is 3.13. The van der Waals surface area contributed by atoms with E-state index in [0.29, 0.717) is 11.7 Å². The highest BCUT2D eigenvalue weighted by atomic mass is 19.4. The lowest BCUT2D eigenvalue weighted by Gasteiger charge is -2.31. The molecule has 3 aromatic heterocycles. The molecule has 0 amide bonds. The van der Waals surface area contributed by atoms with Crippen molar-refractivity contribution in [3.05, 3.63) is 42.0 Å². The molecule has 1 saturated heterocycles. The zero-order valence-corrected chi connectivity index (χ0v) is 16.3. The maximum Gasteiger partial charge on any atom is 0.490 e. The highest BCUT2D eigenvalue weighted by Gasteiger charge is 2.38. The molecule has 31 heavy (non-hydrogen) atoms. The Bertz CT molecular complexity index is 961. The van der Waals surface area contributed by atoms with Crippen molar-refractivity contribution in [1.82, 2.24) is 30.1 Å². The normalized spacial score (nSPS) is 15.5. The Morgan fingerprint density at radius 2 is 1.97 bits per heavy atom. The fraction of sp³-hybridized carbons (Fsp3) is 0.444. The van der Waals surface area contributed by atoms with Gasteiger partial charge in [0.1, 0.15) is 17.1 Å². The van der Waals surface area contributed by atoms with Gasteiger partial charge in [-0.2, -0.15) is 18.3 Å². The third kappa shape index (κ3) is 6.15. The van der Waals surface area contributed by atoms with E-state index < -0.39 is 12.1 Å². The second-order valence-corrected chi connectivity index (χ2v) is 6.89. The van der Waals surface area contributed by atoms with Crippen LogP contribution < -0.4 is 0 Å². The number of H-pyrrole nitrogens is 1. The van der Waals surface area contributed by atoms with Gasteiger partial charge in [-0.15, -0.1) is 5.10 Å². The molecule has 1 aliphatic heterocycles. The van der Waals surface area contributed by atoms with Gasteiger partial charge in [0.05, 0.1) is 25.4 Å². The number of aliphatic carboxylic acids is 1. The first-order chi connectivity index (χ1) is 14.8. The predicted molar refractivity (Wildman–Crippen MR) is 99.5 cm³/mol. The van der Waals surface area contributed by atoms with E-state index in [2.05, 4.69) is 25.4 Å². The van der Waals surface area contributed by atoms with Crippen LogP contribution in [0, 0.1) is 0 Å². The summed E-state index contributed by atoms with van der Waals surface area (Å²) >= 11 is 0. The van der Waals surface area contributed by atoms with Crippen molar-refractivity contribution in [3.63, 3.8) is 0 Å². The first-order valence-electron chi connectivity index (χ1n) is 9.38. The highest BCUT2D eigenvalue weighted by molar-refractivity contribution is 5.73. The summed E-state index contributed by atoms with van der Waals surface area (Å²) in [4.78, 5) is 11.3. The van der Waals surface area contributed by atoms with E-state index in [9.17, 15) is 13.2 Å². The van der Waals surface area contributed by atoms with Crippen LogP contribution in [0.15, 0.2) is 35.0 Å². The maximum absolute atomic E-state index is 10.6. The van der Waals surface area contributed by atoms with Crippen molar-refractivity contribution in [2.75, 3.05) is 13.1 Å². The van der Waals surface area contributed by atoms with Crippen LogP contribution in [0.1, 0.15) is 30.3 Å². The molecule has 0 radical (unpaired) electrons. The standard InChI is InChI=1S/C16H20N6O2.C2HF3O2/c23-11-12-9-22(20-18-12)13-4-7-21(8-5-13)10-14-1-2-16(24-14)15-3-6-17-19-15;3-2(4,5)1(6)7/h1-3,6,9,13,23H,4-5,7-8,10-11H2,(H,17,19);(H,6,7). The molecule has 3 aromatic rings. The van der Waals surface area contributed by atoms with Gasteiger partial charge in [-0.25, -0.2) is 9.48 Å². The van der Waals surface area contributed by atoms with E-state index in [0.717, 1.165) is 49.7 Å². The Balaban J connectivity index is 0.000000339. The monoisotopic (exact) mass is 442 g/mol. The first kappa shape index (κ1) is 22.5. The Morgan fingerprint density at radius 1 is 1.26 bits per heavy atom. The molecule has 0 atom stereocenters. The second kappa shape index (κ2) is 9.75. The Hall–Kier alpha value is -3.19. The summed E-state index contributed by atoms with van der Waals surface area (Å²) in [5, 5.41) is 31.1. The van der Waals surface area contributed by atoms with E-state index in [1.807, 2.05) is 29.1 Å². The zero-order chi connectivity index (χ0) is 22.4. The van der Waals surface area contributed by atoms with Crippen LogP contribution in [0.3, 0.4) is 0 Å². The number of carboxylic acid groups (broad SMARTS) is 1. The number of aliphatic hydroxyl groups is 1. The number of carboxylic acids is 1. The van der Waals surface area contributed by atoms with Gasteiger partial charge in [-0.05, 0) is 31.0 Å². The molecule has 1 fully saturated rings. The third-order valence-corrected chi connectivity index (χ3v) is 4.70. The number of aliphatic hydroxyl groups excluding tert-OH is 1. The quantitative estimate of drug-likeness (QED) is 0.548. The minimum atomic E-state index is -5.08. The molecular formula is C18H21F3N6O4. The molecule has 3 N–H and O–H groups in total. The number of nitrogens with zero attached hydrogens (tertiary/aromatic N) is 5. The van der Waals surface area contributed by atoms with Crippen molar-refractivity contribution < 1.29 is 32.6 Å². The lowest BCUT2D eigenvalue weighted by molar-refractivity contribution is -0.192. The van der Waals surface area contributed by atoms with Gasteiger partial charge in [0.15, 0.2) is 5.76 Å². The fourth-order valence-corrected chi connectivity index (χ4v) is 3.13. The molecule has 0 saturated carbocycles. The van der Waals surface area contributed by atoms with Crippen molar-refractivity contribution in [3.8, 4) is 11.5 Å². The summed E-state index contributed by atoms with van der Waals surface area (Å²) in [5.74, 6) is -0.981. The average molecular weight is 442 g/mol. The highest BCUT2D eigenvalue weighted by Crippen LogP contribution is 2.25. The molecule has 10 nitrogen and oxygen atoms in total. The SMILES string of the molecule is O=C(O)C(F)(F)F.OCc1cn(C2CCN(Cc3ccc(-c4ccn[nH]4)o3)CC2)nn1. The zero-order valence-electron chi connectivity index (χ0n) is 16.3. The first-order valence-corrected chi connectivity index (χ1v) is 9.38. The van der Waals surface area contributed by atoms with E-state index >= 15 is 0 Å². The number of aromatic amines is 1. The predicted octanol–water partition coefficient (Wildman–Crippen LogP) is 2.22. The minimum Gasteiger partial charge on any atom is -0.475 e. The van der Waals surface area contributed by atoms with Gasteiger partial charge in [-0.3, -0.25) is 10.00 Å². The summed E-state index contributed by atoms with van der Waals surface area (Å²) in [6.45, 7) is 2.72. The summed E-state index contributed by atoms with van der Waals surface area (Å²) in [5.41, 5.74) is 1.52. The lowest BCUT2D eigenvalue weighted by Crippen LogP contribution is -2.34. The van der Waals surface area contributed by atoms with Gasteiger partial charge >= 0.3 is 12.1 Å². The number of rotatable bonds is 5. The smallest absolute Gasteiger partial charge is 0.475 e. The number of nitrogens with one attached hydrogen (secondary N) is 1. The molecular weight excluding hydrogens is 421 g/mol. The van der Waals surface area contributed by atoms with Gasteiger partial charge in [0.25, 0.3) is 0 Å². The van der Waals surface area contributed by atoms with Gasteiger partial charge in [0, 0.05) is 19.3 Å². The molecule has 0 bridgehead atoms. The largest absolute Gasteiger partial charge is 0.490 e. The number of likely N-dealkylation sites (tertiary alicyclic amines) is 1. The van der Waals surface area contributed by atoms with Gasteiger partial charge in [0.2, 0.25) is 0 Å². The van der Waals surface area contributed by atoms with Crippen LogP contribution in [0.25, 0.3) is 11.5 Å². The van der Waals surface area contributed by atoms with Gasteiger partial charge in [-0.1, -0.05) is 5.21 Å². The van der Waals surface area contributed by atoms with Crippen LogP contribution in [0.5, 0.6) is 0 Å². The molecule has 13 heteroatoms. The number of aromatic nitrogens is 5. The van der Waals surface area contributed by atoms with Crippen molar-refractivity contribution in [1.29, 1.82) is 0 Å². The molecule has 4 heterocycles. The third-order valence-electron chi connectivity index (χ3n) is 4.70. The Morgan fingerprint density at radius 3 is 2.52 bits per heavy atom. The molecule has 0 unspecified atom stereocenters. The van der Waals surface area contributed by atoms with Crippen molar-refractivity contribution in [2.45, 2.75) is 38.2 Å². The summed E-state index contributed by atoms with van der Waals surface area (Å²) < 4.78 is 39.5. The van der Waals surface area contributed by atoms with Crippen LogP contribution in [-0.2, 0) is 17.9 Å². The molecule has 1 aliphatic rings. The van der Waals surface area contributed by atoms with Gasteiger partial charge < -0.3 is 14.6 Å². The van der Waals surface area contributed by atoms with E-state index in [1.54, 1.807) is 6.20 Å². The number of halogens is 3. The summed E-state index contributed by atoms with van der Waals surface area (Å²) in [7, 11) is 0. The molecule has 0 aliphatic carbocycles. The average Bonchev–Trinajstić information content (AvgIpc) is 3.49. The number of carbonyl (C=O) groups is 1. The van der Waals surface area contributed by atoms with Crippen LogP contribution in [0.4, 0.5) is 13.2 Å². The Kier molecular flexibility index (Phi) is 7.07. The minimum absolute atomic E-state index is 0.0595. The number of piperidine rings is 1. The van der Waals surface area contributed by atoms with E-state index in [4.69, 9.17) is 19.4 Å². The number of alkyl halides is 3. The summed E-state index contributed by atoms with van der Waals surface area (Å²) in [6.07, 6.45) is 0.503. The maximum atomic E-state index is 10.6. The Labute approximate surface area is 174 Å². The van der Waals surface area contributed by atoms with Crippen molar-refractivity contribution >= 4 is 5.97 Å². The number of furan rings is 1.